The normalized spacial score (nSPS) is 15.9. The van der Waals surface area contributed by atoms with Gasteiger partial charge in [-0.1, -0.05) is 12.1 Å². The smallest absolute Gasteiger partial charge is 0.270 e. The van der Waals surface area contributed by atoms with E-state index in [0.29, 0.717) is 35.8 Å². The number of hydrogen-bond acceptors (Lipinski definition) is 6. The van der Waals surface area contributed by atoms with Crippen molar-refractivity contribution in [3.63, 3.8) is 0 Å². The van der Waals surface area contributed by atoms with E-state index in [2.05, 4.69) is 10.3 Å². The van der Waals surface area contributed by atoms with Crippen molar-refractivity contribution in [1.82, 2.24) is 5.32 Å². The van der Waals surface area contributed by atoms with Crippen molar-refractivity contribution in [2.75, 3.05) is 20.2 Å². The van der Waals surface area contributed by atoms with Crippen molar-refractivity contribution in [3.05, 3.63) is 69.8 Å². The molecule has 0 bridgehead atoms. The Morgan fingerprint density at radius 3 is 2.58 bits per heavy atom. The number of amidine groups is 1. The SMILES string of the molecule is COc1ccc(C(=O)C2CN=C(c3cccc([N+](=O)[O-])c3)NC2)cc1.Cl. The Bertz CT molecular complexity index is 837. The molecule has 8 heteroatoms. The van der Waals surface area contributed by atoms with Gasteiger partial charge in [-0.15, -0.1) is 12.4 Å². The van der Waals surface area contributed by atoms with Crippen LogP contribution in [0, 0.1) is 16.0 Å². The highest BCUT2D eigenvalue weighted by Gasteiger charge is 2.24. The first kappa shape index (κ1) is 19.4. The lowest BCUT2D eigenvalue weighted by atomic mass is 9.96. The molecule has 3 rings (SSSR count). The maximum absolute atomic E-state index is 12.5. The fourth-order valence-electron chi connectivity index (χ4n) is 2.67. The summed E-state index contributed by atoms with van der Waals surface area (Å²) in [5.41, 5.74) is 1.27. The topological polar surface area (TPSA) is 93.8 Å². The molecule has 1 aliphatic heterocycles. The molecule has 1 aliphatic rings. The quantitative estimate of drug-likeness (QED) is 0.492. The van der Waals surface area contributed by atoms with Gasteiger partial charge in [0.25, 0.3) is 5.69 Å². The first-order valence-electron chi connectivity index (χ1n) is 7.80. The van der Waals surface area contributed by atoms with Crippen molar-refractivity contribution in [2.45, 2.75) is 0 Å². The van der Waals surface area contributed by atoms with Gasteiger partial charge in [0, 0.05) is 29.8 Å². The summed E-state index contributed by atoms with van der Waals surface area (Å²) in [6.45, 7) is 0.780. The van der Waals surface area contributed by atoms with Gasteiger partial charge < -0.3 is 10.1 Å². The number of methoxy groups -OCH3 is 1. The second-order valence-corrected chi connectivity index (χ2v) is 5.67. The van der Waals surface area contributed by atoms with E-state index in [4.69, 9.17) is 4.74 Å². The van der Waals surface area contributed by atoms with Crippen LogP contribution in [0.1, 0.15) is 15.9 Å². The van der Waals surface area contributed by atoms with Crippen LogP contribution in [0.3, 0.4) is 0 Å². The number of carbonyl (C=O) groups excluding carboxylic acids is 1. The third kappa shape index (κ3) is 4.18. The molecule has 0 aliphatic carbocycles. The Morgan fingerprint density at radius 1 is 1.27 bits per heavy atom. The van der Waals surface area contributed by atoms with Gasteiger partial charge in [-0.05, 0) is 24.3 Å². The zero-order valence-electron chi connectivity index (χ0n) is 14.0. The monoisotopic (exact) mass is 375 g/mol. The summed E-state index contributed by atoms with van der Waals surface area (Å²) >= 11 is 0. The zero-order valence-corrected chi connectivity index (χ0v) is 14.9. The molecule has 0 saturated heterocycles. The molecule has 0 amide bonds. The molecular weight excluding hydrogens is 358 g/mol. The fourth-order valence-corrected chi connectivity index (χ4v) is 2.67. The summed E-state index contributed by atoms with van der Waals surface area (Å²) in [5.74, 6) is 1.01. The number of nitro benzene ring substituents is 1. The number of Topliss-reactive ketones (excluding diaryl/α,β-unsaturated/α-hetero) is 1. The summed E-state index contributed by atoms with van der Waals surface area (Å²) in [6, 6.07) is 13.3. The maximum Gasteiger partial charge on any atom is 0.270 e. The van der Waals surface area contributed by atoms with Crippen molar-refractivity contribution in [1.29, 1.82) is 0 Å². The van der Waals surface area contributed by atoms with Crippen LogP contribution >= 0.6 is 12.4 Å². The molecule has 7 nitrogen and oxygen atoms in total. The highest BCUT2D eigenvalue weighted by atomic mass is 35.5. The van der Waals surface area contributed by atoms with E-state index in [0.717, 1.165) is 0 Å². The van der Waals surface area contributed by atoms with Crippen LogP contribution in [-0.2, 0) is 0 Å². The number of rotatable bonds is 5. The lowest BCUT2D eigenvalue weighted by molar-refractivity contribution is -0.384. The van der Waals surface area contributed by atoms with Gasteiger partial charge in [0.05, 0.1) is 24.5 Å². The van der Waals surface area contributed by atoms with Gasteiger partial charge in [-0.2, -0.15) is 0 Å². The molecule has 1 unspecified atom stereocenters. The minimum absolute atomic E-state index is 0. The van der Waals surface area contributed by atoms with Gasteiger partial charge in [0.2, 0.25) is 0 Å². The van der Waals surface area contributed by atoms with E-state index in [1.807, 2.05) is 0 Å². The van der Waals surface area contributed by atoms with Crippen LogP contribution in [0.15, 0.2) is 53.5 Å². The molecule has 1 atom stereocenters. The van der Waals surface area contributed by atoms with E-state index in [1.54, 1.807) is 43.5 Å². The number of benzene rings is 2. The van der Waals surface area contributed by atoms with Crippen molar-refractivity contribution >= 4 is 29.7 Å². The van der Waals surface area contributed by atoms with E-state index in [1.165, 1.54) is 12.1 Å². The van der Waals surface area contributed by atoms with Gasteiger partial charge >= 0.3 is 0 Å². The highest BCUT2D eigenvalue weighted by molar-refractivity contribution is 6.02. The number of nitro groups is 1. The molecule has 136 valence electrons. The van der Waals surface area contributed by atoms with E-state index >= 15 is 0 Å². The van der Waals surface area contributed by atoms with Crippen molar-refractivity contribution < 1.29 is 14.5 Å². The summed E-state index contributed by atoms with van der Waals surface area (Å²) < 4.78 is 5.09. The average molecular weight is 376 g/mol. The fraction of sp³-hybridized carbons (Fsp3) is 0.222. The summed E-state index contributed by atoms with van der Waals surface area (Å²) in [5, 5.41) is 14.0. The molecule has 0 aromatic heterocycles. The van der Waals surface area contributed by atoms with Gasteiger partial charge in [0.1, 0.15) is 11.6 Å². The Labute approximate surface area is 156 Å². The number of carbonyl (C=O) groups is 1. The van der Waals surface area contributed by atoms with Crippen LogP contribution in [0.2, 0.25) is 0 Å². The molecular formula is C18H18ClN3O4. The Hall–Kier alpha value is -2.93. The Balaban J connectivity index is 0.00000243. The molecule has 0 radical (unpaired) electrons. The van der Waals surface area contributed by atoms with Crippen LogP contribution in [0.5, 0.6) is 5.75 Å². The molecule has 2 aromatic carbocycles. The van der Waals surface area contributed by atoms with Crippen LogP contribution in [0.25, 0.3) is 0 Å². The third-order valence-electron chi connectivity index (χ3n) is 4.06. The summed E-state index contributed by atoms with van der Waals surface area (Å²) in [4.78, 5) is 27.4. The lowest BCUT2D eigenvalue weighted by Gasteiger charge is -2.22. The number of aliphatic imine (C=N–C) groups is 1. The number of nitrogens with one attached hydrogen (secondary N) is 1. The van der Waals surface area contributed by atoms with Crippen LogP contribution in [0.4, 0.5) is 5.69 Å². The Kier molecular flexibility index (Phi) is 6.30. The second-order valence-electron chi connectivity index (χ2n) is 5.67. The molecule has 0 fully saturated rings. The number of ether oxygens (including phenoxy) is 1. The number of ketones is 1. The van der Waals surface area contributed by atoms with E-state index in [-0.39, 0.29) is 29.8 Å². The average Bonchev–Trinajstić information content (AvgIpc) is 2.67. The molecule has 1 N–H and O–H groups in total. The molecule has 26 heavy (non-hydrogen) atoms. The van der Waals surface area contributed by atoms with E-state index in [9.17, 15) is 14.9 Å². The lowest BCUT2D eigenvalue weighted by Crippen LogP contribution is -2.39. The third-order valence-corrected chi connectivity index (χ3v) is 4.06. The largest absolute Gasteiger partial charge is 0.497 e. The number of halogens is 1. The molecule has 0 saturated carbocycles. The number of nitrogens with zero attached hydrogens (tertiary/aromatic N) is 2. The second kappa shape index (κ2) is 8.44. The first-order valence-corrected chi connectivity index (χ1v) is 7.80. The summed E-state index contributed by atoms with van der Waals surface area (Å²) in [6.07, 6.45) is 0. The standard InChI is InChI=1S/C18H17N3O4.ClH/c1-25-16-7-5-12(6-8-16)17(22)14-10-19-18(20-11-14)13-3-2-4-15(9-13)21(23)24;/h2-9,14H,10-11H2,1H3,(H,19,20);1H. The minimum atomic E-state index is -0.442. The Morgan fingerprint density at radius 2 is 2.00 bits per heavy atom. The maximum atomic E-state index is 12.5. The number of non-ortho nitro benzene ring substituents is 1. The predicted molar refractivity (Wildman–Crippen MR) is 101 cm³/mol. The van der Waals surface area contributed by atoms with Crippen molar-refractivity contribution in [2.24, 2.45) is 10.9 Å². The molecule has 2 aromatic rings. The van der Waals surface area contributed by atoms with Crippen LogP contribution < -0.4 is 10.1 Å². The molecule has 1 heterocycles. The van der Waals surface area contributed by atoms with Gasteiger partial charge in [-0.3, -0.25) is 19.9 Å². The zero-order chi connectivity index (χ0) is 17.8. The van der Waals surface area contributed by atoms with Crippen molar-refractivity contribution in [3.8, 4) is 5.75 Å². The van der Waals surface area contributed by atoms with E-state index < -0.39 is 4.92 Å². The van der Waals surface area contributed by atoms with Crippen LogP contribution in [-0.4, -0.2) is 36.7 Å². The molecule has 0 spiro atoms. The first-order chi connectivity index (χ1) is 12.1. The van der Waals surface area contributed by atoms with Gasteiger partial charge in [0.15, 0.2) is 5.78 Å². The van der Waals surface area contributed by atoms with Gasteiger partial charge in [-0.25, -0.2) is 0 Å². The number of hydrogen-bond donors (Lipinski definition) is 1. The predicted octanol–water partition coefficient (Wildman–Crippen LogP) is 2.87. The highest BCUT2D eigenvalue weighted by Crippen LogP contribution is 2.18. The minimum Gasteiger partial charge on any atom is -0.497 e. The summed E-state index contributed by atoms with van der Waals surface area (Å²) in [7, 11) is 1.58.